The van der Waals surface area contributed by atoms with Crippen molar-refractivity contribution in [3.05, 3.63) is 35.4 Å². The first-order valence-electron chi connectivity index (χ1n) is 8.38. The number of rotatable bonds is 5. The maximum atomic E-state index is 3.50. The summed E-state index contributed by atoms with van der Waals surface area (Å²) in [5.74, 6) is 0.836. The van der Waals surface area contributed by atoms with Gasteiger partial charge in [0.2, 0.25) is 0 Å². The molecule has 0 spiro atoms. The second-order valence-electron chi connectivity index (χ2n) is 7.94. The molecule has 21 heavy (non-hydrogen) atoms. The predicted molar refractivity (Wildman–Crippen MR) is 91.3 cm³/mol. The van der Waals surface area contributed by atoms with Gasteiger partial charge in [-0.25, -0.2) is 0 Å². The van der Waals surface area contributed by atoms with Crippen molar-refractivity contribution >= 4 is 0 Å². The van der Waals surface area contributed by atoms with Crippen LogP contribution in [0.2, 0.25) is 0 Å². The molecule has 0 amide bonds. The monoisotopic (exact) mass is 288 g/mol. The summed E-state index contributed by atoms with van der Waals surface area (Å²) in [7, 11) is 0. The second kappa shape index (κ2) is 6.93. The molecule has 1 fully saturated rings. The van der Waals surface area contributed by atoms with Crippen LogP contribution in [-0.2, 0) is 13.1 Å². The Morgan fingerprint density at radius 1 is 1.24 bits per heavy atom. The van der Waals surface area contributed by atoms with Crippen molar-refractivity contribution < 1.29 is 0 Å². The molecule has 1 atom stereocenters. The van der Waals surface area contributed by atoms with Crippen molar-refractivity contribution in [1.82, 2.24) is 10.2 Å². The molecule has 2 nitrogen and oxygen atoms in total. The first kappa shape index (κ1) is 16.5. The van der Waals surface area contributed by atoms with Crippen LogP contribution in [0.15, 0.2) is 24.3 Å². The molecule has 0 bridgehead atoms. The molecule has 0 saturated carbocycles. The van der Waals surface area contributed by atoms with Gasteiger partial charge >= 0.3 is 0 Å². The highest BCUT2D eigenvalue weighted by atomic mass is 15.1. The van der Waals surface area contributed by atoms with E-state index in [0.717, 1.165) is 19.0 Å². The van der Waals surface area contributed by atoms with Gasteiger partial charge in [-0.3, -0.25) is 4.90 Å². The summed E-state index contributed by atoms with van der Waals surface area (Å²) in [4.78, 5) is 2.62. The van der Waals surface area contributed by atoms with Crippen molar-refractivity contribution in [2.24, 2.45) is 11.3 Å². The molecule has 1 N–H and O–H groups in total. The average molecular weight is 288 g/mol. The molecule has 1 heterocycles. The largest absolute Gasteiger partial charge is 0.310 e. The zero-order valence-corrected chi connectivity index (χ0v) is 14.4. The van der Waals surface area contributed by atoms with Crippen LogP contribution in [0.4, 0.5) is 0 Å². The molecule has 1 aromatic carbocycles. The Labute approximate surface area is 130 Å². The van der Waals surface area contributed by atoms with Gasteiger partial charge in [0.1, 0.15) is 0 Å². The van der Waals surface area contributed by atoms with Crippen LogP contribution in [0.3, 0.4) is 0 Å². The fraction of sp³-hybridized carbons (Fsp3) is 0.684. The van der Waals surface area contributed by atoms with Gasteiger partial charge in [0.25, 0.3) is 0 Å². The Kier molecular flexibility index (Phi) is 5.45. The number of hydrogen-bond donors (Lipinski definition) is 1. The van der Waals surface area contributed by atoms with Gasteiger partial charge in [-0.1, -0.05) is 58.9 Å². The molecule has 1 aliphatic heterocycles. The topological polar surface area (TPSA) is 15.3 Å². The van der Waals surface area contributed by atoms with Gasteiger partial charge in [-0.05, 0) is 35.4 Å². The summed E-state index contributed by atoms with van der Waals surface area (Å²) in [6.07, 6.45) is 1.35. The van der Waals surface area contributed by atoms with Crippen molar-refractivity contribution in [2.75, 3.05) is 13.1 Å². The molecule has 1 unspecified atom stereocenters. The van der Waals surface area contributed by atoms with E-state index in [1.54, 1.807) is 0 Å². The van der Waals surface area contributed by atoms with E-state index in [1.165, 1.54) is 30.6 Å². The lowest BCUT2D eigenvalue weighted by Gasteiger charge is -2.27. The zero-order chi connectivity index (χ0) is 15.5. The van der Waals surface area contributed by atoms with Gasteiger partial charge in [0.05, 0.1) is 0 Å². The highest BCUT2D eigenvalue weighted by molar-refractivity contribution is 5.23. The van der Waals surface area contributed by atoms with E-state index in [-0.39, 0.29) is 0 Å². The molecule has 1 aliphatic rings. The number of nitrogens with zero attached hydrogens (tertiary/aromatic N) is 1. The van der Waals surface area contributed by atoms with E-state index in [4.69, 9.17) is 0 Å². The first-order valence-corrected chi connectivity index (χ1v) is 8.38. The van der Waals surface area contributed by atoms with Gasteiger partial charge in [-0.15, -0.1) is 0 Å². The minimum Gasteiger partial charge on any atom is -0.310 e. The van der Waals surface area contributed by atoms with Gasteiger partial charge in [-0.2, -0.15) is 0 Å². The maximum Gasteiger partial charge on any atom is 0.0233 e. The smallest absolute Gasteiger partial charge is 0.0233 e. The van der Waals surface area contributed by atoms with E-state index in [1.807, 2.05) is 0 Å². The molecule has 118 valence electrons. The Morgan fingerprint density at radius 3 is 2.57 bits per heavy atom. The Bertz CT molecular complexity index is 445. The SMILES string of the molecule is CC(C)NCc1cccc(CN2CCC(C(C)(C)C)C2)c1. The predicted octanol–water partition coefficient (Wildman–Crippen LogP) is 4.05. The highest BCUT2D eigenvalue weighted by Gasteiger charge is 2.31. The van der Waals surface area contributed by atoms with Crippen molar-refractivity contribution in [3.63, 3.8) is 0 Å². The van der Waals surface area contributed by atoms with Crippen LogP contribution in [0.1, 0.15) is 52.2 Å². The Balaban J connectivity index is 1.90. The van der Waals surface area contributed by atoms with Crippen LogP contribution in [-0.4, -0.2) is 24.0 Å². The van der Waals surface area contributed by atoms with Crippen molar-refractivity contribution in [2.45, 2.75) is 60.2 Å². The van der Waals surface area contributed by atoms with Crippen LogP contribution in [0, 0.1) is 11.3 Å². The molecule has 0 aromatic heterocycles. The highest BCUT2D eigenvalue weighted by Crippen LogP contribution is 2.34. The van der Waals surface area contributed by atoms with Gasteiger partial charge in [0.15, 0.2) is 0 Å². The number of likely N-dealkylation sites (tertiary alicyclic amines) is 1. The average Bonchev–Trinajstić information content (AvgIpc) is 2.85. The van der Waals surface area contributed by atoms with Gasteiger partial charge < -0.3 is 5.32 Å². The normalized spacial score (nSPS) is 20.4. The Hall–Kier alpha value is -0.860. The van der Waals surface area contributed by atoms with E-state index < -0.39 is 0 Å². The maximum absolute atomic E-state index is 3.50. The first-order chi connectivity index (χ1) is 9.84. The fourth-order valence-electron chi connectivity index (χ4n) is 3.10. The standard InChI is InChI=1S/C19H32N2/c1-15(2)20-12-16-7-6-8-17(11-16)13-21-10-9-18(14-21)19(3,4)5/h6-8,11,15,18,20H,9-10,12-14H2,1-5H3. The van der Waals surface area contributed by atoms with E-state index in [9.17, 15) is 0 Å². The molecule has 1 aromatic rings. The molecule has 1 saturated heterocycles. The zero-order valence-electron chi connectivity index (χ0n) is 14.4. The summed E-state index contributed by atoms with van der Waals surface area (Å²) < 4.78 is 0. The summed E-state index contributed by atoms with van der Waals surface area (Å²) in [6, 6.07) is 9.59. The fourth-order valence-corrected chi connectivity index (χ4v) is 3.10. The van der Waals surface area contributed by atoms with Gasteiger partial charge in [0, 0.05) is 25.7 Å². The van der Waals surface area contributed by atoms with Crippen molar-refractivity contribution in [1.29, 1.82) is 0 Å². The third kappa shape index (κ3) is 5.12. The van der Waals surface area contributed by atoms with Crippen molar-refractivity contribution in [3.8, 4) is 0 Å². The van der Waals surface area contributed by atoms with E-state index in [0.29, 0.717) is 11.5 Å². The lowest BCUT2D eigenvalue weighted by molar-refractivity contribution is 0.226. The quantitative estimate of drug-likeness (QED) is 0.879. The van der Waals surface area contributed by atoms with Crippen LogP contribution >= 0.6 is 0 Å². The van der Waals surface area contributed by atoms with Crippen LogP contribution < -0.4 is 5.32 Å². The Morgan fingerprint density at radius 2 is 1.95 bits per heavy atom. The molecule has 0 aliphatic carbocycles. The summed E-state index contributed by atoms with van der Waals surface area (Å²) >= 11 is 0. The third-order valence-corrected chi connectivity index (χ3v) is 4.61. The lowest BCUT2D eigenvalue weighted by atomic mass is 9.80. The number of benzene rings is 1. The van der Waals surface area contributed by atoms with E-state index >= 15 is 0 Å². The minimum absolute atomic E-state index is 0.442. The summed E-state index contributed by atoms with van der Waals surface area (Å²) in [5, 5.41) is 3.50. The van der Waals surface area contributed by atoms with Crippen LogP contribution in [0.25, 0.3) is 0 Å². The number of hydrogen-bond acceptors (Lipinski definition) is 2. The molecule has 0 radical (unpaired) electrons. The minimum atomic E-state index is 0.442. The lowest BCUT2D eigenvalue weighted by Crippen LogP contribution is -2.26. The molecule has 2 heteroatoms. The molecular formula is C19H32N2. The molecular weight excluding hydrogens is 256 g/mol. The second-order valence-corrected chi connectivity index (χ2v) is 7.94. The van der Waals surface area contributed by atoms with E-state index in [2.05, 4.69) is 69.1 Å². The molecule has 2 rings (SSSR count). The van der Waals surface area contributed by atoms with Crippen LogP contribution in [0.5, 0.6) is 0 Å². The third-order valence-electron chi connectivity index (χ3n) is 4.61. The summed E-state index contributed by atoms with van der Waals surface area (Å²) in [6.45, 7) is 16.1. The summed E-state index contributed by atoms with van der Waals surface area (Å²) in [5.41, 5.74) is 3.29. The number of nitrogens with one attached hydrogen (secondary N) is 1.